The summed E-state index contributed by atoms with van der Waals surface area (Å²) in [5.74, 6) is 0. The number of nitrogens with zero attached hydrogens (tertiary/aromatic N) is 1. The van der Waals surface area contributed by atoms with Gasteiger partial charge in [0.2, 0.25) is 0 Å². The van der Waals surface area contributed by atoms with Crippen molar-refractivity contribution in [2.45, 2.75) is 0 Å². The summed E-state index contributed by atoms with van der Waals surface area (Å²) in [6.07, 6.45) is 1.48. The van der Waals surface area contributed by atoms with E-state index in [4.69, 9.17) is 11.6 Å². The summed E-state index contributed by atoms with van der Waals surface area (Å²) in [6, 6.07) is 11.3. The molecule has 1 N–H and O–H groups in total. The molecular formula is C13H11ClN2O. The lowest BCUT2D eigenvalue weighted by Crippen LogP contribution is -1.92. The first-order valence-electron chi connectivity index (χ1n) is 5.15. The van der Waals surface area contributed by atoms with Crippen LogP contribution in [0.25, 0.3) is 11.3 Å². The van der Waals surface area contributed by atoms with E-state index in [2.05, 4.69) is 10.3 Å². The molecular weight excluding hydrogens is 236 g/mol. The van der Waals surface area contributed by atoms with Crippen LogP contribution in [0, 0.1) is 0 Å². The van der Waals surface area contributed by atoms with Gasteiger partial charge in [-0.1, -0.05) is 12.1 Å². The fraction of sp³-hybridized carbons (Fsp3) is 0.0769. The van der Waals surface area contributed by atoms with Gasteiger partial charge in [-0.15, -0.1) is 0 Å². The molecule has 1 heterocycles. The first-order chi connectivity index (χ1) is 8.20. The summed E-state index contributed by atoms with van der Waals surface area (Å²) in [4.78, 5) is 15.1. The van der Waals surface area contributed by atoms with Gasteiger partial charge in [-0.2, -0.15) is 0 Å². The molecule has 86 valence electrons. The van der Waals surface area contributed by atoms with E-state index in [0.29, 0.717) is 5.56 Å². The first kappa shape index (κ1) is 11.6. The molecule has 0 unspecified atom stereocenters. The molecule has 0 aliphatic heterocycles. The molecule has 0 bridgehead atoms. The maximum Gasteiger partial charge on any atom is 0.253 e. The highest BCUT2D eigenvalue weighted by Crippen LogP contribution is 2.19. The van der Waals surface area contributed by atoms with Crippen LogP contribution in [-0.4, -0.2) is 17.3 Å². The number of aromatic nitrogens is 1. The van der Waals surface area contributed by atoms with Gasteiger partial charge in [0, 0.05) is 24.5 Å². The third kappa shape index (κ3) is 2.63. The summed E-state index contributed by atoms with van der Waals surface area (Å²) in [5.41, 5.74) is 3.26. The van der Waals surface area contributed by atoms with Crippen LogP contribution in [0.2, 0.25) is 0 Å². The summed E-state index contributed by atoms with van der Waals surface area (Å²) in [5, 5.41) is 2.56. The zero-order chi connectivity index (χ0) is 12.3. The Hall–Kier alpha value is -1.87. The predicted octanol–water partition coefficient (Wildman–Crippen LogP) is 3.17. The zero-order valence-electron chi connectivity index (χ0n) is 9.27. The quantitative estimate of drug-likeness (QED) is 0.846. The molecule has 0 fully saturated rings. The van der Waals surface area contributed by atoms with E-state index in [9.17, 15) is 4.79 Å². The Kier molecular flexibility index (Phi) is 3.40. The number of hydrogen-bond donors (Lipinski definition) is 1. The Labute approximate surface area is 104 Å². The average Bonchev–Trinajstić information content (AvgIpc) is 2.39. The van der Waals surface area contributed by atoms with Crippen LogP contribution < -0.4 is 5.32 Å². The van der Waals surface area contributed by atoms with Crippen molar-refractivity contribution in [3.8, 4) is 11.3 Å². The standard InChI is InChI=1S/C13H11ClN2O/c1-15-11-5-2-9(3-6-11)12-7-4-10(8-16-12)13(14)17/h2-8,15H,1H3. The lowest BCUT2D eigenvalue weighted by molar-refractivity contribution is 0.108. The molecule has 17 heavy (non-hydrogen) atoms. The smallest absolute Gasteiger partial charge is 0.253 e. The number of rotatable bonds is 3. The van der Waals surface area contributed by atoms with E-state index in [0.717, 1.165) is 16.9 Å². The molecule has 0 radical (unpaired) electrons. The SMILES string of the molecule is CNc1ccc(-c2ccc(C(=O)Cl)cn2)cc1. The number of halogens is 1. The number of nitrogens with one attached hydrogen (secondary N) is 1. The van der Waals surface area contributed by atoms with E-state index in [1.54, 1.807) is 12.1 Å². The van der Waals surface area contributed by atoms with Gasteiger partial charge >= 0.3 is 0 Å². The van der Waals surface area contributed by atoms with Gasteiger partial charge in [0.15, 0.2) is 0 Å². The molecule has 4 heteroatoms. The Morgan fingerprint density at radius 1 is 1.18 bits per heavy atom. The van der Waals surface area contributed by atoms with Gasteiger partial charge in [0.1, 0.15) is 0 Å². The Morgan fingerprint density at radius 2 is 1.88 bits per heavy atom. The van der Waals surface area contributed by atoms with E-state index in [-0.39, 0.29) is 0 Å². The third-order valence-corrected chi connectivity index (χ3v) is 2.68. The van der Waals surface area contributed by atoms with E-state index >= 15 is 0 Å². The third-order valence-electron chi connectivity index (χ3n) is 2.46. The van der Waals surface area contributed by atoms with E-state index < -0.39 is 5.24 Å². The van der Waals surface area contributed by atoms with Crippen LogP contribution in [-0.2, 0) is 0 Å². The van der Waals surface area contributed by atoms with Crippen LogP contribution in [0.15, 0.2) is 42.6 Å². The minimum absolute atomic E-state index is 0.405. The highest BCUT2D eigenvalue weighted by atomic mass is 35.5. The van der Waals surface area contributed by atoms with Crippen molar-refractivity contribution in [3.63, 3.8) is 0 Å². The van der Waals surface area contributed by atoms with Crippen LogP contribution in [0.1, 0.15) is 10.4 Å². The van der Waals surface area contributed by atoms with Gasteiger partial charge in [0.05, 0.1) is 11.3 Å². The summed E-state index contributed by atoms with van der Waals surface area (Å²) in [7, 11) is 1.87. The van der Waals surface area contributed by atoms with Crippen LogP contribution in [0.5, 0.6) is 0 Å². The fourth-order valence-corrected chi connectivity index (χ4v) is 1.60. The Bertz CT molecular complexity index is 520. The number of benzene rings is 1. The van der Waals surface area contributed by atoms with Crippen molar-refractivity contribution < 1.29 is 4.79 Å². The number of carbonyl (C=O) groups is 1. The maximum atomic E-state index is 10.9. The molecule has 0 spiro atoms. The second-order valence-electron chi connectivity index (χ2n) is 3.53. The number of carbonyl (C=O) groups excluding carboxylic acids is 1. The molecule has 1 aromatic heterocycles. The van der Waals surface area contributed by atoms with Gasteiger partial charge in [-0.3, -0.25) is 9.78 Å². The number of anilines is 1. The van der Waals surface area contributed by atoms with Gasteiger partial charge in [-0.25, -0.2) is 0 Å². The Morgan fingerprint density at radius 3 is 2.35 bits per heavy atom. The molecule has 0 saturated carbocycles. The van der Waals surface area contributed by atoms with Crippen LogP contribution in [0.3, 0.4) is 0 Å². The lowest BCUT2D eigenvalue weighted by atomic mass is 10.1. The highest BCUT2D eigenvalue weighted by molar-refractivity contribution is 6.67. The summed E-state index contributed by atoms with van der Waals surface area (Å²) >= 11 is 5.35. The Balaban J connectivity index is 2.29. The fourth-order valence-electron chi connectivity index (χ4n) is 1.49. The topological polar surface area (TPSA) is 42.0 Å². The second-order valence-corrected chi connectivity index (χ2v) is 3.88. The average molecular weight is 247 g/mol. The highest BCUT2D eigenvalue weighted by Gasteiger charge is 2.03. The van der Waals surface area contributed by atoms with Crippen LogP contribution in [0.4, 0.5) is 5.69 Å². The van der Waals surface area contributed by atoms with Crippen LogP contribution >= 0.6 is 11.6 Å². The molecule has 3 nitrogen and oxygen atoms in total. The van der Waals surface area contributed by atoms with Gasteiger partial charge < -0.3 is 5.32 Å². The van der Waals surface area contributed by atoms with Crippen molar-refractivity contribution in [1.29, 1.82) is 0 Å². The second kappa shape index (κ2) is 4.97. The van der Waals surface area contributed by atoms with Crippen molar-refractivity contribution >= 4 is 22.5 Å². The molecule has 2 rings (SSSR count). The minimum atomic E-state index is -0.491. The molecule has 0 aliphatic carbocycles. The predicted molar refractivity (Wildman–Crippen MR) is 69.4 cm³/mol. The van der Waals surface area contributed by atoms with Crippen molar-refractivity contribution in [2.75, 3.05) is 12.4 Å². The maximum absolute atomic E-state index is 10.9. The van der Waals surface area contributed by atoms with E-state index in [1.807, 2.05) is 31.3 Å². The van der Waals surface area contributed by atoms with Crippen molar-refractivity contribution in [2.24, 2.45) is 0 Å². The summed E-state index contributed by atoms with van der Waals surface area (Å²) < 4.78 is 0. The molecule has 0 atom stereocenters. The molecule has 2 aromatic rings. The molecule has 1 aromatic carbocycles. The van der Waals surface area contributed by atoms with Crippen molar-refractivity contribution in [1.82, 2.24) is 4.98 Å². The monoisotopic (exact) mass is 246 g/mol. The number of hydrogen-bond acceptors (Lipinski definition) is 3. The first-order valence-corrected chi connectivity index (χ1v) is 5.52. The lowest BCUT2D eigenvalue weighted by Gasteiger charge is -2.03. The number of pyridine rings is 1. The van der Waals surface area contributed by atoms with E-state index in [1.165, 1.54) is 6.20 Å². The zero-order valence-corrected chi connectivity index (χ0v) is 10.0. The minimum Gasteiger partial charge on any atom is -0.388 e. The van der Waals surface area contributed by atoms with Crippen molar-refractivity contribution in [3.05, 3.63) is 48.2 Å². The van der Waals surface area contributed by atoms with Gasteiger partial charge in [-0.05, 0) is 35.9 Å². The van der Waals surface area contributed by atoms with Gasteiger partial charge in [0.25, 0.3) is 5.24 Å². The molecule has 0 saturated heterocycles. The molecule has 0 amide bonds. The summed E-state index contributed by atoms with van der Waals surface area (Å²) in [6.45, 7) is 0. The normalized spacial score (nSPS) is 10.0. The largest absolute Gasteiger partial charge is 0.388 e. The molecule has 0 aliphatic rings.